The lowest BCUT2D eigenvalue weighted by molar-refractivity contribution is 0.0953. The molecule has 0 unspecified atom stereocenters. The Kier molecular flexibility index (Phi) is 6.79. The molecule has 3 amide bonds. The van der Waals surface area contributed by atoms with E-state index in [0.29, 0.717) is 12.1 Å². The van der Waals surface area contributed by atoms with Gasteiger partial charge in [-0.1, -0.05) is 18.2 Å². The van der Waals surface area contributed by atoms with E-state index in [1.54, 1.807) is 0 Å². The second-order valence-corrected chi connectivity index (χ2v) is 6.77. The molecule has 30 heavy (non-hydrogen) atoms. The minimum atomic E-state index is -0.398. The van der Waals surface area contributed by atoms with E-state index in [1.807, 2.05) is 48.9 Å². The molecule has 0 saturated heterocycles. The van der Waals surface area contributed by atoms with Crippen LogP contribution in [0.2, 0.25) is 0 Å². The first-order chi connectivity index (χ1) is 14.5. The van der Waals surface area contributed by atoms with Gasteiger partial charge in [0.2, 0.25) is 0 Å². The van der Waals surface area contributed by atoms with Gasteiger partial charge in [-0.05, 0) is 50.2 Å². The fourth-order valence-electron chi connectivity index (χ4n) is 3.04. The minimum absolute atomic E-state index is 0.258. The highest BCUT2D eigenvalue weighted by Gasteiger charge is 2.13. The van der Waals surface area contributed by atoms with Gasteiger partial charge in [-0.2, -0.15) is 5.10 Å². The Balaban J connectivity index is 1.44. The van der Waals surface area contributed by atoms with Crippen molar-refractivity contribution >= 4 is 11.9 Å². The Morgan fingerprint density at radius 2 is 1.60 bits per heavy atom. The van der Waals surface area contributed by atoms with Crippen LogP contribution in [0.25, 0.3) is 5.69 Å². The molecule has 0 spiro atoms. The number of nitrogens with one attached hydrogen (secondary N) is 3. The van der Waals surface area contributed by atoms with Gasteiger partial charge in [0, 0.05) is 36.5 Å². The quantitative estimate of drug-likeness (QED) is 0.525. The number of halogens is 1. The van der Waals surface area contributed by atoms with E-state index in [0.717, 1.165) is 22.6 Å². The van der Waals surface area contributed by atoms with Gasteiger partial charge in [-0.15, -0.1) is 0 Å². The first-order valence-corrected chi connectivity index (χ1v) is 9.61. The summed E-state index contributed by atoms with van der Waals surface area (Å²) in [6.45, 7) is 4.74. The molecule has 0 aliphatic rings. The number of carbonyl (C=O) groups is 2. The molecular formula is C22H24FN5O2. The number of benzene rings is 2. The average molecular weight is 409 g/mol. The summed E-state index contributed by atoms with van der Waals surface area (Å²) in [5.41, 5.74) is 4.10. The van der Waals surface area contributed by atoms with Gasteiger partial charge in [0.25, 0.3) is 5.91 Å². The third-order valence-electron chi connectivity index (χ3n) is 4.67. The van der Waals surface area contributed by atoms with Crippen LogP contribution < -0.4 is 16.0 Å². The highest BCUT2D eigenvalue weighted by Crippen LogP contribution is 2.17. The van der Waals surface area contributed by atoms with Gasteiger partial charge in [-0.25, -0.2) is 13.9 Å². The van der Waals surface area contributed by atoms with Crippen LogP contribution >= 0.6 is 0 Å². The van der Waals surface area contributed by atoms with Crippen molar-refractivity contribution in [2.24, 2.45) is 0 Å². The summed E-state index contributed by atoms with van der Waals surface area (Å²) < 4.78 is 14.7. The number of rotatable bonds is 7. The van der Waals surface area contributed by atoms with Crippen LogP contribution in [0.5, 0.6) is 0 Å². The summed E-state index contributed by atoms with van der Waals surface area (Å²) >= 11 is 0. The molecule has 8 heteroatoms. The lowest BCUT2D eigenvalue weighted by Gasteiger charge is -2.09. The molecule has 0 saturated carbocycles. The fraction of sp³-hybridized carbons (Fsp3) is 0.227. The first-order valence-electron chi connectivity index (χ1n) is 9.61. The highest BCUT2D eigenvalue weighted by atomic mass is 19.1. The van der Waals surface area contributed by atoms with Crippen LogP contribution in [0.1, 0.15) is 27.3 Å². The normalized spacial score (nSPS) is 10.5. The first kappa shape index (κ1) is 21.0. The Bertz CT molecular complexity index is 1020. The van der Waals surface area contributed by atoms with E-state index in [1.165, 1.54) is 24.3 Å². The van der Waals surface area contributed by atoms with Crippen molar-refractivity contribution in [1.29, 1.82) is 0 Å². The highest BCUT2D eigenvalue weighted by molar-refractivity contribution is 5.94. The molecule has 0 bridgehead atoms. The average Bonchev–Trinajstić information content (AvgIpc) is 3.04. The maximum atomic E-state index is 12.9. The summed E-state index contributed by atoms with van der Waals surface area (Å²) in [6.07, 6.45) is 0. The SMILES string of the molecule is Cc1nn(-c2ccccc2)c(C)c1CNC(=O)NCCNC(=O)c1ccc(F)cc1. The number of aryl methyl sites for hydroxylation is 1. The zero-order valence-corrected chi connectivity index (χ0v) is 16.9. The van der Waals surface area contributed by atoms with Crippen LogP contribution in [0.4, 0.5) is 9.18 Å². The van der Waals surface area contributed by atoms with Crippen molar-refractivity contribution < 1.29 is 14.0 Å². The van der Waals surface area contributed by atoms with Gasteiger partial charge in [-0.3, -0.25) is 4.79 Å². The largest absolute Gasteiger partial charge is 0.350 e. The van der Waals surface area contributed by atoms with Crippen LogP contribution in [0, 0.1) is 19.7 Å². The fourth-order valence-corrected chi connectivity index (χ4v) is 3.04. The molecule has 1 aromatic heterocycles. The van der Waals surface area contributed by atoms with Crippen molar-refractivity contribution in [3.8, 4) is 5.69 Å². The van der Waals surface area contributed by atoms with Crippen LogP contribution in [-0.2, 0) is 6.54 Å². The van der Waals surface area contributed by atoms with E-state index in [9.17, 15) is 14.0 Å². The number of para-hydroxylation sites is 1. The Labute approximate surface area is 174 Å². The molecule has 3 N–H and O–H groups in total. The standard InChI is InChI=1S/C22H24FN5O2/c1-15-20(16(2)28(27-15)19-6-4-3-5-7-19)14-26-22(30)25-13-12-24-21(29)17-8-10-18(23)11-9-17/h3-11H,12-14H2,1-2H3,(H,24,29)(H2,25,26,30). The van der Waals surface area contributed by atoms with Crippen LogP contribution in [0.3, 0.4) is 0 Å². The summed E-state index contributed by atoms with van der Waals surface area (Å²) in [6, 6.07) is 14.7. The molecule has 0 atom stereocenters. The van der Waals surface area contributed by atoms with Gasteiger partial charge in [0.05, 0.1) is 11.4 Å². The van der Waals surface area contributed by atoms with Crippen LogP contribution in [-0.4, -0.2) is 34.8 Å². The van der Waals surface area contributed by atoms with E-state index in [2.05, 4.69) is 21.0 Å². The Hall–Kier alpha value is -3.68. The number of hydrogen-bond donors (Lipinski definition) is 3. The van der Waals surface area contributed by atoms with Crippen molar-refractivity contribution in [3.63, 3.8) is 0 Å². The number of aromatic nitrogens is 2. The molecule has 1 heterocycles. The zero-order chi connectivity index (χ0) is 21.5. The molecule has 3 aromatic rings. The molecule has 2 aromatic carbocycles. The monoisotopic (exact) mass is 409 g/mol. The summed E-state index contributed by atoms with van der Waals surface area (Å²) in [5, 5.41) is 12.7. The lowest BCUT2D eigenvalue weighted by Crippen LogP contribution is -2.40. The molecule has 0 fully saturated rings. The van der Waals surface area contributed by atoms with Gasteiger partial charge in [0.1, 0.15) is 5.82 Å². The molecule has 3 rings (SSSR count). The van der Waals surface area contributed by atoms with Gasteiger partial charge < -0.3 is 16.0 Å². The second-order valence-electron chi connectivity index (χ2n) is 6.77. The maximum Gasteiger partial charge on any atom is 0.315 e. The zero-order valence-electron chi connectivity index (χ0n) is 16.9. The number of amides is 3. The molecule has 156 valence electrons. The van der Waals surface area contributed by atoms with Gasteiger partial charge in [0.15, 0.2) is 0 Å². The predicted molar refractivity (Wildman–Crippen MR) is 112 cm³/mol. The van der Waals surface area contributed by atoms with Crippen molar-refractivity contribution in [3.05, 3.63) is 82.9 Å². The van der Waals surface area contributed by atoms with Crippen molar-refractivity contribution in [2.45, 2.75) is 20.4 Å². The summed E-state index contributed by atoms with van der Waals surface area (Å²) in [4.78, 5) is 24.0. The van der Waals surface area contributed by atoms with Crippen molar-refractivity contribution in [2.75, 3.05) is 13.1 Å². The Morgan fingerprint density at radius 3 is 2.30 bits per heavy atom. The smallest absolute Gasteiger partial charge is 0.315 e. The van der Waals surface area contributed by atoms with E-state index >= 15 is 0 Å². The second kappa shape index (κ2) is 9.69. The van der Waals surface area contributed by atoms with E-state index in [-0.39, 0.29) is 25.0 Å². The molecule has 7 nitrogen and oxygen atoms in total. The maximum absolute atomic E-state index is 12.9. The number of carbonyl (C=O) groups excluding carboxylic acids is 2. The van der Waals surface area contributed by atoms with E-state index in [4.69, 9.17) is 0 Å². The predicted octanol–water partition coefficient (Wildman–Crippen LogP) is 2.86. The van der Waals surface area contributed by atoms with Crippen LogP contribution in [0.15, 0.2) is 54.6 Å². The van der Waals surface area contributed by atoms with Gasteiger partial charge >= 0.3 is 6.03 Å². The third-order valence-corrected chi connectivity index (χ3v) is 4.67. The molecule has 0 aliphatic heterocycles. The summed E-state index contributed by atoms with van der Waals surface area (Å²) in [5.74, 6) is -0.721. The van der Waals surface area contributed by atoms with E-state index < -0.39 is 5.82 Å². The van der Waals surface area contributed by atoms with Crippen molar-refractivity contribution in [1.82, 2.24) is 25.7 Å². The summed E-state index contributed by atoms with van der Waals surface area (Å²) in [7, 11) is 0. The lowest BCUT2D eigenvalue weighted by atomic mass is 10.2. The molecular weight excluding hydrogens is 385 g/mol. The molecule has 0 aliphatic carbocycles. The topological polar surface area (TPSA) is 88.1 Å². The number of hydrogen-bond acceptors (Lipinski definition) is 3. The molecule has 0 radical (unpaired) electrons. The number of nitrogens with zero attached hydrogens (tertiary/aromatic N) is 2. The number of urea groups is 1. The third kappa shape index (κ3) is 5.22. The Morgan fingerprint density at radius 1 is 0.933 bits per heavy atom. The minimum Gasteiger partial charge on any atom is -0.350 e.